The third-order valence-electron chi connectivity index (χ3n) is 2.39. The lowest BCUT2D eigenvalue weighted by Gasteiger charge is -2.10. The van der Waals surface area contributed by atoms with Gasteiger partial charge < -0.3 is 10.1 Å². The molecule has 0 unspecified atom stereocenters. The summed E-state index contributed by atoms with van der Waals surface area (Å²) in [5.41, 5.74) is 1.19. The quantitative estimate of drug-likeness (QED) is 0.843. The van der Waals surface area contributed by atoms with E-state index in [0.29, 0.717) is 23.7 Å². The molecule has 0 aliphatic heterocycles. The second-order valence-corrected chi connectivity index (χ2v) is 5.00. The fraction of sp³-hybridized carbons (Fsp3) is 0.143. The zero-order valence-electron chi connectivity index (χ0n) is 10.4. The van der Waals surface area contributed by atoms with Crippen molar-refractivity contribution in [2.75, 3.05) is 11.9 Å². The van der Waals surface area contributed by atoms with Gasteiger partial charge in [-0.15, -0.1) is 0 Å². The molecule has 98 valence electrons. The topological polar surface area (TPSA) is 51.2 Å². The van der Waals surface area contributed by atoms with E-state index >= 15 is 0 Å². The number of hydrogen-bond acceptors (Lipinski definition) is 3. The molecular weight excluding hydrogens is 355 g/mol. The number of aromatic nitrogens is 1. The zero-order valence-corrected chi connectivity index (χ0v) is 12.5. The van der Waals surface area contributed by atoms with Crippen LogP contribution < -0.4 is 10.1 Å². The second-order valence-electron chi connectivity index (χ2n) is 3.75. The molecule has 0 radical (unpaired) electrons. The third-order valence-corrected chi connectivity index (χ3v) is 3.06. The van der Waals surface area contributed by atoms with E-state index in [1.165, 1.54) is 0 Å². The van der Waals surface area contributed by atoms with Gasteiger partial charge in [0.25, 0.3) is 5.91 Å². The van der Waals surface area contributed by atoms with Crippen molar-refractivity contribution in [2.24, 2.45) is 0 Å². The number of halogens is 1. The highest BCUT2D eigenvalue weighted by Gasteiger charge is 2.10. The van der Waals surface area contributed by atoms with Crippen molar-refractivity contribution < 1.29 is 9.53 Å². The summed E-state index contributed by atoms with van der Waals surface area (Å²) in [5.74, 6) is 0.261. The lowest BCUT2D eigenvalue weighted by Crippen LogP contribution is -2.13. The van der Waals surface area contributed by atoms with Gasteiger partial charge in [-0.2, -0.15) is 0 Å². The van der Waals surface area contributed by atoms with Crippen LogP contribution in [0.3, 0.4) is 0 Å². The minimum Gasteiger partial charge on any atom is -0.476 e. The van der Waals surface area contributed by atoms with Crippen molar-refractivity contribution in [3.05, 3.63) is 51.7 Å². The maximum atomic E-state index is 12.1. The minimum absolute atomic E-state index is 0.174. The van der Waals surface area contributed by atoms with E-state index in [1.807, 2.05) is 25.1 Å². The Bertz CT molecular complexity index is 587. The standard InChI is InChI=1S/C14H13IN2O2/c1-2-19-14-12(7-4-8-16-14)17-13(18)10-5-3-6-11(15)9-10/h3-9H,2H2,1H3,(H,17,18). The maximum Gasteiger partial charge on any atom is 0.255 e. The molecule has 0 saturated heterocycles. The van der Waals surface area contributed by atoms with E-state index in [9.17, 15) is 4.79 Å². The van der Waals surface area contributed by atoms with Gasteiger partial charge in [0.15, 0.2) is 0 Å². The Kier molecular flexibility index (Phi) is 4.73. The van der Waals surface area contributed by atoms with Crippen LogP contribution in [0.5, 0.6) is 5.88 Å². The van der Waals surface area contributed by atoms with E-state index < -0.39 is 0 Å². The van der Waals surface area contributed by atoms with Crippen molar-refractivity contribution >= 4 is 34.2 Å². The first-order valence-corrected chi connectivity index (χ1v) is 6.93. The lowest BCUT2D eigenvalue weighted by molar-refractivity contribution is 0.102. The van der Waals surface area contributed by atoms with Crippen molar-refractivity contribution in [1.82, 2.24) is 4.98 Å². The molecule has 19 heavy (non-hydrogen) atoms. The summed E-state index contributed by atoms with van der Waals surface area (Å²) in [6, 6.07) is 10.9. The van der Waals surface area contributed by atoms with Gasteiger partial charge in [0.1, 0.15) is 5.69 Å². The van der Waals surface area contributed by atoms with Crippen molar-refractivity contribution in [2.45, 2.75) is 6.92 Å². The van der Waals surface area contributed by atoms with Crippen LogP contribution >= 0.6 is 22.6 Å². The predicted molar refractivity (Wildman–Crippen MR) is 82.5 cm³/mol. The lowest BCUT2D eigenvalue weighted by atomic mass is 10.2. The average molecular weight is 368 g/mol. The molecule has 1 aromatic heterocycles. The molecule has 0 spiro atoms. The molecule has 1 heterocycles. The number of nitrogens with zero attached hydrogens (tertiary/aromatic N) is 1. The monoisotopic (exact) mass is 368 g/mol. The normalized spacial score (nSPS) is 10.0. The van der Waals surface area contributed by atoms with Crippen molar-refractivity contribution in [1.29, 1.82) is 0 Å². The summed E-state index contributed by atoms with van der Waals surface area (Å²) in [7, 11) is 0. The molecule has 5 heteroatoms. The van der Waals surface area contributed by atoms with E-state index in [4.69, 9.17) is 4.74 Å². The summed E-state index contributed by atoms with van der Waals surface area (Å²) >= 11 is 2.17. The van der Waals surface area contributed by atoms with Gasteiger partial charge >= 0.3 is 0 Å². The molecule has 2 rings (SSSR count). The smallest absolute Gasteiger partial charge is 0.255 e. The number of benzene rings is 1. The van der Waals surface area contributed by atoms with Gasteiger partial charge in [-0.05, 0) is 59.8 Å². The number of ether oxygens (including phenoxy) is 1. The molecule has 0 fully saturated rings. The molecule has 0 aliphatic rings. The average Bonchev–Trinajstić information content (AvgIpc) is 2.41. The number of hydrogen-bond donors (Lipinski definition) is 1. The Morgan fingerprint density at radius 2 is 2.21 bits per heavy atom. The van der Waals surface area contributed by atoms with Gasteiger partial charge in [-0.3, -0.25) is 4.79 Å². The van der Waals surface area contributed by atoms with Gasteiger partial charge in [0.05, 0.1) is 6.61 Å². The van der Waals surface area contributed by atoms with E-state index in [0.717, 1.165) is 3.57 Å². The Balaban J connectivity index is 2.19. The van der Waals surface area contributed by atoms with Crippen LogP contribution in [0.4, 0.5) is 5.69 Å². The van der Waals surface area contributed by atoms with Crippen LogP contribution in [0, 0.1) is 3.57 Å². The van der Waals surface area contributed by atoms with Crippen molar-refractivity contribution in [3.63, 3.8) is 0 Å². The highest BCUT2D eigenvalue weighted by molar-refractivity contribution is 14.1. The molecule has 1 amide bonds. The summed E-state index contributed by atoms with van der Waals surface area (Å²) in [5, 5.41) is 2.81. The highest BCUT2D eigenvalue weighted by Crippen LogP contribution is 2.21. The first-order valence-electron chi connectivity index (χ1n) is 5.85. The van der Waals surface area contributed by atoms with Gasteiger partial charge in [0, 0.05) is 15.3 Å². The van der Waals surface area contributed by atoms with Crippen LogP contribution in [-0.2, 0) is 0 Å². The first-order chi connectivity index (χ1) is 9.20. The molecule has 0 bridgehead atoms. The Labute approximate surface area is 125 Å². The zero-order chi connectivity index (χ0) is 13.7. The van der Waals surface area contributed by atoms with Crippen LogP contribution in [0.1, 0.15) is 17.3 Å². The molecule has 2 aromatic rings. The van der Waals surface area contributed by atoms with E-state index in [2.05, 4.69) is 32.9 Å². The molecule has 4 nitrogen and oxygen atoms in total. The molecule has 0 aliphatic carbocycles. The molecule has 0 atom stereocenters. The predicted octanol–water partition coefficient (Wildman–Crippen LogP) is 3.34. The first kappa shape index (κ1) is 13.8. The van der Waals surface area contributed by atoms with Crippen molar-refractivity contribution in [3.8, 4) is 5.88 Å². The van der Waals surface area contributed by atoms with Gasteiger partial charge in [-0.1, -0.05) is 6.07 Å². The van der Waals surface area contributed by atoms with Crippen LogP contribution in [0.25, 0.3) is 0 Å². The van der Waals surface area contributed by atoms with Crippen LogP contribution in [-0.4, -0.2) is 17.5 Å². The third kappa shape index (κ3) is 3.66. The number of carbonyl (C=O) groups excluding carboxylic acids is 1. The number of pyridine rings is 1. The Morgan fingerprint density at radius 3 is 2.95 bits per heavy atom. The summed E-state index contributed by atoms with van der Waals surface area (Å²) < 4.78 is 6.39. The SMILES string of the molecule is CCOc1ncccc1NC(=O)c1cccc(I)c1. The fourth-order valence-electron chi connectivity index (χ4n) is 1.56. The number of amides is 1. The number of rotatable bonds is 4. The molecular formula is C14H13IN2O2. The summed E-state index contributed by atoms with van der Waals surface area (Å²) in [6.07, 6.45) is 1.63. The second kappa shape index (κ2) is 6.51. The Hall–Kier alpha value is -1.63. The summed E-state index contributed by atoms with van der Waals surface area (Å²) in [4.78, 5) is 16.2. The number of nitrogens with one attached hydrogen (secondary N) is 1. The summed E-state index contributed by atoms with van der Waals surface area (Å²) in [6.45, 7) is 2.38. The minimum atomic E-state index is -0.174. The van der Waals surface area contributed by atoms with E-state index in [1.54, 1.807) is 24.4 Å². The molecule has 0 saturated carbocycles. The largest absolute Gasteiger partial charge is 0.476 e. The molecule has 1 aromatic carbocycles. The number of anilines is 1. The maximum absolute atomic E-state index is 12.1. The van der Waals surface area contributed by atoms with Gasteiger partial charge in [-0.25, -0.2) is 4.98 Å². The Morgan fingerprint density at radius 1 is 1.37 bits per heavy atom. The van der Waals surface area contributed by atoms with Crippen LogP contribution in [0.2, 0.25) is 0 Å². The highest BCUT2D eigenvalue weighted by atomic mass is 127. The number of carbonyl (C=O) groups is 1. The van der Waals surface area contributed by atoms with E-state index in [-0.39, 0.29) is 5.91 Å². The molecule has 1 N–H and O–H groups in total. The fourth-order valence-corrected chi connectivity index (χ4v) is 2.10. The van der Waals surface area contributed by atoms with Gasteiger partial charge in [0.2, 0.25) is 5.88 Å². The van der Waals surface area contributed by atoms with Crippen LogP contribution in [0.15, 0.2) is 42.6 Å².